The molecule has 16 heavy (non-hydrogen) atoms. The van der Waals surface area contributed by atoms with Gasteiger partial charge in [-0.25, -0.2) is 8.78 Å². The monoisotopic (exact) mass is 315 g/mol. The maximum absolute atomic E-state index is 12.5. The first kappa shape index (κ1) is 15.6. The van der Waals surface area contributed by atoms with Crippen LogP contribution >= 0.6 is 28.3 Å². The van der Waals surface area contributed by atoms with E-state index in [4.69, 9.17) is 10.5 Å². The van der Waals surface area contributed by atoms with E-state index in [0.29, 0.717) is 12.3 Å². The molecule has 0 aliphatic heterocycles. The Morgan fingerprint density at radius 1 is 1.38 bits per heavy atom. The smallest absolute Gasteiger partial charge is 0.278 e. The Kier molecular flexibility index (Phi) is 6.22. The molecule has 0 amide bonds. The summed E-state index contributed by atoms with van der Waals surface area (Å²) < 4.78 is 30.8. The minimum atomic E-state index is -2.83. The topological polar surface area (TPSA) is 35.2 Å². The van der Waals surface area contributed by atoms with Gasteiger partial charge in [0.1, 0.15) is 5.75 Å². The van der Waals surface area contributed by atoms with Gasteiger partial charge in [0.25, 0.3) is 5.92 Å². The van der Waals surface area contributed by atoms with Crippen molar-refractivity contribution in [2.45, 2.75) is 19.4 Å². The highest BCUT2D eigenvalue weighted by molar-refractivity contribution is 9.10. The molecule has 1 aromatic rings. The third-order valence-electron chi connectivity index (χ3n) is 1.66. The summed E-state index contributed by atoms with van der Waals surface area (Å²) in [5, 5.41) is 0. The lowest BCUT2D eigenvalue weighted by Crippen LogP contribution is -2.21. The van der Waals surface area contributed by atoms with Crippen molar-refractivity contribution in [2.75, 3.05) is 6.61 Å². The minimum absolute atomic E-state index is 0. The first-order chi connectivity index (χ1) is 6.90. The van der Waals surface area contributed by atoms with Crippen molar-refractivity contribution in [3.63, 3.8) is 0 Å². The number of hydrogen-bond acceptors (Lipinski definition) is 2. The second kappa shape index (κ2) is 6.37. The van der Waals surface area contributed by atoms with Crippen LogP contribution in [-0.4, -0.2) is 12.5 Å². The molecule has 6 heteroatoms. The number of rotatable bonds is 4. The molecule has 92 valence electrons. The van der Waals surface area contributed by atoms with Gasteiger partial charge < -0.3 is 10.5 Å². The summed E-state index contributed by atoms with van der Waals surface area (Å²) in [7, 11) is 0. The molecule has 0 saturated heterocycles. The van der Waals surface area contributed by atoms with E-state index in [1.54, 1.807) is 12.1 Å². The van der Waals surface area contributed by atoms with Crippen LogP contribution in [0.2, 0.25) is 0 Å². The Labute approximate surface area is 108 Å². The Bertz CT molecular complexity index is 344. The summed E-state index contributed by atoms with van der Waals surface area (Å²) in [5.74, 6) is -2.43. The van der Waals surface area contributed by atoms with Crippen LogP contribution in [0.1, 0.15) is 12.5 Å². The molecule has 0 atom stereocenters. The predicted molar refractivity (Wildman–Crippen MR) is 65.4 cm³/mol. The van der Waals surface area contributed by atoms with Gasteiger partial charge in [-0.2, -0.15) is 0 Å². The maximum atomic E-state index is 12.5. The fraction of sp³-hybridized carbons (Fsp3) is 0.400. The largest absolute Gasteiger partial charge is 0.487 e. The van der Waals surface area contributed by atoms with E-state index >= 15 is 0 Å². The van der Waals surface area contributed by atoms with E-state index in [9.17, 15) is 8.78 Å². The quantitative estimate of drug-likeness (QED) is 0.924. The summed E-state index contributed by atoms with van der Waals surface area (Å²) in [6, 6.07) is 5.10. The van der Waals surface area contributed by atoms with Crippen LogP contribution in [0, 0.1) is 0 Å². The Morgan fingerprint density at radius 3 is 2.50 bits per heavy atom. The molecule has 0 spiro atoms. The van der Waals surface area contributed by atoms with Crippen LogP contribution in [0.4, 0.5) is 8.78 Å². The van der Waals surface area contributed by atoms with Crippen LogP contribution in [0.5, 0.6) is 5.75 Å². The normalized spacial score (nSPS) is 10.8. The van der Waals surface area contributed by atoms with Crippen LogP contribution in [0.15, 0.2) is 22.7 Å². The summed E-state index contributed by atoms with van der Waals surface area (Å²) in [4.78, 5) is 0. The maximum Gasteiger partial charge on any atom is 0.278 e. The highest BCUT2D eigenvalue weighted by atomic mass is 79.9. The molecule has 1 rings (SSSR count). The zero-order valence-corrected chi connectivity index (χ0v) is 11.1. The number of benzene rings is 1. The third-order valence-corrected chi connectivity index (χ3v) is 2.12. The molecular formula is C10H13BrClF2NO. The van der Waals surface area contributed by atoms with Crippen LogP contribution in [-0.2, 0) is 6.54 Å². The number of hydrogen-bond donors (Lipinski definition) is 1. The SMILES string of the molecule is CC(F)(F)COc1cc(Br)cc(CN)c1.Cl. The molecular weight excluding hydrogens is 303 g/mol. The summed E-state index contributed by atoms with van der Waals surface area (Å²) in [5.41, 5.74) is 6.28. The van der Waals surface area contributed by atoms with E-state index in [-0.39, 0.29) is 12.4 Å². The molecule has 0 aliphatic carbocycles. The second-order valence-corrected chi connectivity index (χ2v) is 4.27. The Hall–Kier alpha value is -0.390. The predicted octanol–water partition coefficient (Wildman–Crippen LogP) is 3.36. The minimum Gasteiger partial charge on any atom is -0.487 e. The van der Waals surface area contributed by atoms with Crippen LogP contribution in [0.3, 0.4) is 0 Å². The molecule has 0 fully saturated rings. The zero-order chi connectivity index (χ0) is 11.5. The molecule has 0 unspecified atom stereocenters. The Morgan fingerprint density at radius 2 is 2.00 bits per heavy atom. The van der Waals surface area contributed by atoms with E-state index in [2.05, 4.69) is 15.9 Å². The highest BCUT2D eigenvalue weighted by Gasteiger charge is 2.22. The molecule has 0 bridgehead atoms. The first-order valence-electron chi connectivity index (χ1n) is 4.41. The van der Waals surface area contributed by atoms with E-state index in [1.807, 2.05) is 6.07 Å². The van der Waals surface area contributed by atoms with Crippen molar-refractivity contribution in [2.24, 2.45) is 5.73 Å². The highest BCUT2D eigenvalue weighted by Crippen LogP contribution is 2.23. The number of nitrogens with two attached hydrogens (primary N) is 1. The van der Waals surface area contributed by atoms with Crippen molar-refractivity contribution in [3.05, 3.63) is 28.2 Å². The van der Waals surface area contributed by atoms with E-state index in [0.717, 1.165) is 17.0 Å². The second-order valence-electron chi connectivity index (χ2n) is 3.36. The van der Waals surface area contributed by atoms with Crippen molar-refractivity contribution in [1.82, 2.24) is 0 Å². The summed E-state index contributed by atoms with van der Waals surface area (Å²) in [6.45, 7) is 0.528. The molecule has 2 nitrogen and oxygen atoms in total. The van der Waals surface area contributed by atoms with Gasteiger partial charge in [0.15, 0.2) is 6.61 Å². The van der Waals surface area contributed by atoms with Crippen LogP contribution < -0.4 is 10.5 Å². The Balaban J connectivity index is 0.00000225. The average molecular weight is 317 g/mol. The van der Waals surface area contributed by atoms with Crippen molar-refractivity contribution in [1.29, 1.82) is 0 Å². The zero-order valence-electron chi connectivity index (χ0n) is 8.67. The first-order valence-corrected chi connectivity index (χ1v) is 5.20. The lowest BCUT2D eigenvalue weighted by Gasteiger charge is -2.13. The van der Waals surface area contributed by atoms with E-state index in [1.165, 1.54) is 0 Å². The summed E-state index contributed by atoms with van der Waals surface area (Å²) in [6.07, 6.45) is 0. The van der Waals surface area contributed by atoms with Gasteiger partial charge in [-0.05, 0) is 23.8 Å². The van der Waals surface area contributed by atoms with Crippen molar-refractivity contribution in [3.8, 4) is 5.75 Å². The average Bonchev–Trinajstić information content (AvgIpc) is 2.13. The van der Waals surface area contributed by atoms with Gasteiger partial charge in [-0.15, -0.1) is 12.4 Å². The van der Waals surface area contributed by atoms with Gasteiger partial charge in [0.2, 0.25) is 0 Å². The molecule has 2 N–H and O–H groups in total. The van der Waals surface area contributed by atoms with Gasteiger partial charge in [-0.3, -0.25) is 0 Å². The van der Waals surface area contributed by atoms with Gasteiger partial charge in [-0.1, -0.05) is 15.9 Å². The van der Waals surface area contributed by atoms with Gasteiger partial charge in [0.05, 0.1) is 0 Å². The fourth-order valence-corrected chi connectivity index (χ4v) is 1.55. The van der Waals surface area contributed by atoms with Gasteiger partial charge in [0, 0.05) is 17.9 Å². The number of ether oxygens (including phenoxy) is 1. The fourth-order valence-electron chi connectivity index (χ4n) is 1.03. The lowest BCUT2D eigenvalue weighted by molar-refractivity contribution is -0.0230. The molecule has 0 aromatic heterocycles. The molecule has 0 aliphatic rings. The molecule has 0 heterocycles. The van der Waals surface area contributed by atoms with Crippen LogP contribution in [0.25, 0.3) is 0 Å². The standard InChI is InChI=1S/C10H12BrF2NO.ClH/c1-10(12,13)6-15-9-3-7(5-14)2-8(11)4-9;/h2-4H,5-6,14H2,1H3;1H. The molecule has 1 aromatic carbocycles. The molecule has 0 saturated carbocycles. The third kappa shape index (κ3) is 5.63. The van der Waals surface area contributed by atoms with Crippen molar-refractivity contribution < 1.29 is 13.5 Å². The lowest BCUT2D eigenvalue weighted by atomic mass is 10.2. The van der Waals surface area contributed by atoms with E-state index < -0.39 is 12.5 Å². The molecule has 0 radical (unpaired) electrons. The van der Waals surface area contributed by atoms with Crippen molar-refractivity contribution >= 4 is 28.3 Å². The number of alkyl halides is 2. The summed E-state index contributed by atoms with van der Waals surface area (Å²) >= 11 is 3.25. The number of halogens is 4. The van der Waals surface area contributed by atoms with Gasteiger partial charge >= 0.3 is 0 Å².